The van der Waals surface area contributed by atoms with Crippen molar-refractivity contribution < 1.29 is 13.5 Å². The molecule has 0 bridgehead atoms. The normalized spacial score (nSPS) is 19.6. The molecule has 0 atom stereocenters. The Morgan fingerprint density at radius 1 is 1.03 bits per heavy atom. The summed E-state index contributed by atoms with van der Waals surface area (Å²) in [6, 6.07) is 9.80. The predicted molar refractivity (Wildman–Crippen MR) is 108 cm³/mol. The zero-order valence-electron chi connectivity index (χ0n) is 16.1. The number of ether oxygens (including phenoxy) is 1. The highest BCUT2D eigenvalue weighted by Crippen LogP contribution is 2.27. The number of anilines is 1. The zero-order valence-corrected chi connectivity index (χ0v) is 16.1. The summed E-state index contributed by atoms with van der Waals surface area (Å²) in [6.07, 6.45) is 7.70. The minimum absolute atomic E-state index is 0.143. The molecule has 9 heteroatoms. The minimum atomic E-state index is -2.71. The molecule has 0 unspecified atom stereocenters. The molecule has 4 aromatic rings. The van der Waals surface area contributed by atoms with E-state index in [0.717, 1.165) is 40.6 Å². The topological polar surface area (TPSA) is 77.2 Å². The van der Waals surface area contributed by atoms with E-state index in [2.05, 4.69) is 25.1 Å². The van der Waals surface area contributed by atoms with Gasteiger partial charge >= 0.3 is 6.61 Å². The maximum Gasteiger partial charge on any atom is 0.345 e. The van der Waals surface area contributed by atoms with Gasteiger partial charge in [-0.3, -0.25) is 4.98 Å². The second-order valence-corrected chi connectivity index (χ2v) is 7.39. The molecule has 0 aliphatic heterocycles. The zero-order chi connectivity index (χ0) is 20.5. The van der Waals surface area contributed by atoms with Crippen LogP contribution < -0.4 is 5.32 Å². The standard InChI is InChI=1S/C21H20F2N6O/c22-20(23)30-14-5-3-13(4-6-14)26-21-25-12-19-15(9-11-29(19)28-21)16-7-8-17-18(27-16)2-1-10-24-17/h1-2,7-14,20H,3-6H2,(H,26,28)/t13-,14-. The summed E-state index contributed by atoms with van der Waals surface area (Å²) in [4.78, 5) is 13.5. The lowest BCUT2D eigenvalue weighted by Crippen LogP contribution is -2.31. The number of rotatable bonds is 5. The fraction of sp³-hybridized carbons (Fsp3) is 0.333. The largest absolute Gasteiger partial charge is 0.350 e. The van der Waals surface area contributed by atoms with Crippen LogP contribution in [0.2, 0.25) is 0 Å². The van der Waals surface area contributed by atoms with Crippen LogP contribution in [0.1, 0.15) is 25.7 Å². The molecule has 1 fully saturated rings. The van der Waals surface area contributed by atoms with Crippen molar-refractivity contribution in [2.75, 3.05) is 5.32 Å². The van der Waals surface area contributed by atoms with E-state index in [4.69, 9.17) is 4.98 Å². The SMILES string of the molecule is FC(F)O[C@H]1CC[C@H](Nc2ncc3c(-c4ccc5ncccc5n4)ccn3n2)CC1. The number of nitrogens with one attached hydrogen (secondary N) is 1. The van der Waals surface area contributed by atoms with Gasteiger partial charge in [0.2, 0.25) is 5.95 Å². The van der Waals surface area contributed by atoms with E-state index < -0.39 is 6.61 Å². The molecule has 0 radical (unpaired) electrons. The Labute approximate surface area is 171 Å². The Bertz CT molecular complexity index is 1170. The van der Waals surface area contributed by atoms with Crippen molar-refractivity contribution >= 4 is 22.5 Å². The Morgan fingerprint density at radius 3 is 2.73 bits per heavy atom. The summed E-state index contributed by atoms with van der Waals surface area (Å²) in [6.45, 7) is -2.71. The lowest BCUT2D eigenvalue weighted by Gasteiger charge is -2.28. The molecule has 0 saturated heterocycles. The summed E-state index contributed by atoms with van der Waals surface area (Å²) in [5.74, 6) is 0.513. The van der Waals surface area contributed by atoms with Crippen LogP contribution in [0, 0.1) is 0 Å². The Morgan fingerprint density at radius 2 is 1.90 bits per heavy atom. The van der Waals surface area contributed by atoms with Crippen LogP contribution >= 0.6 is 0 Å². The molecule has 1 aliphatic rings. The van der Waals surface area contributed by atoms with Crippen molar-refractivity contribution in [3.63, 3.8) is 0 Å². The molecule has 1 N–H and O–H groups in total. The Hall–Kier alpha value is -3.20. The fourth-order valence-electron chi connectivity index (χ4n) is 3.96. The molecular formula is C21H20F2N6O. The molecule has 1 saturated carbocycles. The van der Waals surface area contributed by atoms with E-state index in [0.29, 0.717) is 18.8 Å². The first kappa shape index (κ1) is 18.8. The van der Waals surface area contributed by atoms with E-state index in [9.17, 15) is 8.78 Å². The van der Waals surface area contributed by atoms with Crippen LogP contribution in [-0.4, -0.2) is 43.3 Å². The molecule has 5 rings (SSSR count). The minimum Gasteiger partial charge on any atom is -0.350 e. The van der Waals surface area contributed by atoms with Gasteiger partial charge in [0.1, 0.15) is 0 Å². The van der Waals surface area contributed by atoms with Gasteiger partial charge in [0.05, 0.1) is 34.5 Å². The Kier molecular flexibility index (Phi) is 4.96. The number of hydrogen-bond donors (Lipinski definition) is 1. The molecule has 7 nitrogen and oxygen atoms in total. The van der Waals surface area contributed by atoms with Gasteiger partial charge in [-0.25, -0.2) is 14.5 Å². The van der Waals surface area contributed by atoms with Gasteiger partial charge in [-0.1, -0.05) is 0 Å². The number of halogens is 2. The van der Waals surface area contributed by atoms with E-state index in [-0.39, 0.29) is 12.1 Å². The first-order valence-corrected chi connectivity index (χ1v) is 9.92. The first-order valence-electron chi connectivity index (χ1n) is 9.92. The van der Waals surface area contributed by atoms with Crippen molar-refractivity contribution in [3.05, 3.63) is 48.9 Å². The molecule has 1 aliphatic carbocycles. The lowest BCUT2D eigenvalue weighted by atomic mass is 9.93. The number of nitrogens with zero attached hydrogens (tertiary/aromatic N) is 5. The lowest BCUT2D eigenvalue weighted by molar-refractivity contribution is -0.169. The molecule has 30 heavy (non-hydrogen) atoms. The van der Waals surface area contributed by atoms with E-state index in [1.165, 1.54) is 0 Å². The molecule has 154 valence electrons. The first-order chi connectivity index (χ1) is 14.7. The van der Waals surface area contributed by atoms with Crippen LogP contribution in [0.15, 0.2) is 48.9 Å². The van der Waals surface area contributed by atoms with Crippen molar-refractivity contribution in [3.8, 4) is 11.3 Å². The summed E-state index contributed by atoms with van der Waals surface area (Å²) in [7, 11) is 0. The quantitative estimate of drug-likeness (QED) is 0.529. The maximum atomic E-state index is 12.3. The Balaban J connectivity index is 1.33. The van der Waals surface area contributed by atoms with Gasteiger partial charge in [0.25, 0.3) is 0 Å². The second kappa shape index (κ2) is 7.91. The van der Waals surface area contributed by atoms with Gasteiger partial charge in [0.15, 0.2) is 0 Å². The van der Waals surface area contributed by atoms with E-state index >= 15 is 0 Å². The number of aromatic nitrogens is 5. The summed E-state index contributed by atoms with van der Waals surface area (Å²) >= 11 is 0. The predicted octanol–water partition coefficient (Wildman–Crippen LogP) is 4.30. The van der Waals surface area contributed by atoms with Gasteiger partial charge < -0.3 is 10.1 Å². The van der Waals surface area contributed by atoms with Crippen molar-refractivity contribution in [2.24, 2.45) is 0 Å². The number of pyridine rings is 2. The van der Waals surface area contributed by atoms with E-state index in [1.54, 1.807) is 16.9 Å². The number of hydrogen-bond acceptors (Lipinski definition) is 6. The summed E-state index contributed by atoms with van der Waals surface area (Å²) < 4.78 is 31.1. The third-order valence-electron chi connectivity index (χ3n) is 5.45. The molecule has 0 spiro atoms. The average molecular weight is 410 g/mol. The highest BCUT2D eigenvalue weighted by atomic mass is 19.3. The van der Waals surface area contributed by atoms with E-state index in [1.807, 2.05) is 36.5 Å². The van der Waals surface area contributed by atoms with Crippen LogP contribution in [0.4, 0.5) is 14.7 Å². The van der Waals surface area contributed by atoms with Gasteiger partial charge in [0, 0.05) is 24.0 Å². The van der Waals surface area contributed by atoms with Crippen LogP contribution in [-0.2, 0) is 4.74 Å². The van der Waals surface area contributed by atoms with Crippen LogP contribution in [0.25, 0.3) is 27.8 Å². The van der Waals surface area contributed by atoms with Crippen molar-refractivity contribution in [1.29, 1.82) is 0 Å². The molecular weight excluding hydrogens is 390 g/mol. The van der Waals surface area contributed by atoms with Crippen molar-refractivity contribution in [2.45, 2.75) is 44.4 Å². The summed E-state index contributed by atoms with van der Waals surface area (Å²) in [5.41, 5.74) is 4.31. The van der Waals surface area contributed by atoms with Crippen LogP contribution in [0.5, 0.6) is 0 Å². The highest BCUT2D eigenvalue weighted by molar-refractivity contribution is 5.83. The second-order valence-electron chi connectivity index (χ2n) is 7.39. The van der Waals surface area contributed by atoms with Gasteiger partial charge in [-0.2, -0.15) is 8.78 Å². The maximum absolute atomic E-state index is 12.3. The number of fused-ring (bicyclic) bond motifs is 2. The number of alkyl halides is 2. The molecule has 0 aromatic carbocycles. The average Bonchev–Trinajstić information content (AvgIpc) is 3.18. The third-order valence-corrected chi connectivity index (χ3v) is 5.45. The van der Waals surface area contributed by atoms with Gasteiger partial charge in [-0.15, -0.1) is 5.10 Å². The molecule has 4 heterocycles. The third kappa shape index (κ3) is 3.80. The molecule has 0 amide bonds. The van der Waals surface area contributed by atoms with Crippen LogP contribution in [0.3, 0.4) is 0 Å². The molecule has 4 aromatic heterocycles. The smallest absolute Gasteiger partial charge is 0.345 e. The van der Waals surface area contributed by atoms with Gasteiger partial charge in [-0.05, 0) is 56.0 Å². The van der Waals surface area contributed by atoms with Crippen molar-refractivity contribution in [1.82, 2.24) is 24.6 Å². The summed E-state index contributed by atoms with van der Waals surface area (Å²) in [5, 5.41) is 7.86. The fourth-order valence-corrected chi connectivity index (χ4v) is 3.96. The monoisotopic (exact) mass is 410 g/mol. The highest BCUT2D eigenvalue weighted by Gasteiger charge is 2.24.